The highest BCUT2D eigenvalue weighted by Gasteiger charge is 2.61. The average Bonchev–Trinajstić information content (AvgIpc) is 2.96. The summed E-state index contributed by atoms with van der Waals surface area (Å²) in [5.41, 5.74) is -0.550. The molecule has 30 heavy (non-hydrogen) atoms. The summed E-state index contributed by atoms with van der Waals surface area (Å²) < 4.78 is 5.62. The molecule has 0 unspecified atom stereocenters. The van der Waals surface area contributed by atoms with Crippen molar-refractivity contribution in [1.29, 1.82) is 0 Å². The fourth-order valence-electron chi connectivity index (χ4n) is 6.57. The van der Waals surface area contributed by atoms with Crippen molar-refractivity contribution in [3.05, 3.63) is 44.0 Å². The molecule has 3 aliphatic rings. The van der Waals surface area contributed by atoms with Gasteiger partial charge in [0.15, 0.2) is 0 Å². The molecule has 8 nitrogen and oxygen atoms in total. The lowest BCUT2D eigenvalue weighted by atomic mass is 9.47. The summed E-state index contributed by atoms with van der Waals surface area (Å²) in [4.78, 5) is 33.3. The number of non-ortho nitro benzene ring substituents is 2. The smallest absolute Gasteiger partial charge is 0.338 e. The number of nitrogens with zero attached hydrogens (tertiary/aromatic N) is 2. The van der Waals surface area contributed by atoms with Gasteiger partial charge in [0.2, 0.25) is 0 Å². The minimum Gasteiger partial charge on any atom is -0.461 e. The molecule has 3 fully saturated rings. The van der Waals surface area contributed by atoms with Crippen LogP contribution in [-0.2, 0) is 4.74 Å². The third kappa shape index (κ3) is 3.36. The normalized spacial score (nSPS) is 33.7. The fraction of sp³-hybridized carbons (Fsp3) is 0.682. The Bertz CT molecular complexity index is 896. The average molecular weight is 416 g/mol. The number of hydrogen-bond donors (Lipinski definition) is 0. The van der Waals surface area contributed by atoms with Gasteiger partial charge in [-0.2, -0.15) is 0 Å². The molecule has 0 aromatic heterocycles. The van der Waals surface area contributed by atoms with Crippen molar-refractivity contribution in [2.24, 2.45) is 28.1 Å². The Morgan fingerprint density at radius 3 is 2.23 bits per heavy atom. The molecule has 3 saturated carbocycles. The second-order valence-electron chi connectivity index (χ2n) is 10.6. The molecular weight excluding hydrogens is 388 g/mol. The van der Waals surface area contributed by atoms with Crippen LogP contribution in [0.15, 0.2) is 18.2 Å². The lowest BCUT2D eigenvalue weighted by molar-refractivity contribution is -0.394. The van der Waals surface area contributed by atoms with Crippen LogP contribution in [0.5, 0.6) is 0 Å². The number of carbonyl (C=O) groups excluding carboxylic acids is 1. The maximum absolute atomic E-state index is 12.7. The van der Waals surface area contributed by atoms with Crippen molar-refractivity contribution in [1.82, 2.24) is 0 Å². The number of esters is 1. The van der Waals surface area contributed by atoms with E-state index in [4.69, 9.17) is 4.74 Å². The predicted molar refractivity (Wildman–Crippen MR) is 109 cm³/mol. The van der Waals surface area contributed by atoms with E-state index in [2.05, 4.69) is 20.8 Å². The van der Waals surface area contributed by atoms with Crippen LogP contribution in [0.25, 0.3) is 0 Å². The Balaban J connectivity index is 1.50. The molecule has 0 aliphatic heterocycles. The van der Waals surface area contributed by atoms with E-state index in [1.807, 2.05) is 0 Å². The van der Waals surface area contributed by atoms with Gasteiger partial charge in [0, 0.05) is 17.5 Å². The molecule has 0 heterocycles. The summed E-state index contributed by atoms with van der Waals surface area (Å²) in [7, 11) is 0. The van der Waals surface area contributed by atoms with Gasteiger partial charge in [-0.1, -0.05) is 20.8 Å². The third-order valence-electron chi connectivity index (χ3n) is 8.19. The fourth-order valence-corrected chi connectivity index (χ4v) is 6.57. The number of hydrogen-bond acceptors (Lipinski definition) is 6. The number of rotatable bonds is 5. The largest absolute Gasteiger partial charge is 0.461 e. The van der Waals surface area contributed by atoms with E-state index in [1.54, 1.807) is 0 Å². The first-order valence-electron chi connectivity index (χ1n) is 10.6. The van der Waals surface area contributed by atoms with Gasteiger partial charge in [0.25, 0.3) is 11.4 Å². The Hall–Kier alpha value is -2.51. The number of fused-ring (bicyclic) bond motifs is 4. The standard InChI is InChI=1S/C22H28N2O6/c1-20(2)11-18-17(20)4-5-22(7-6-21(18,3)12-22)13-30-19(25)14-8-15(23(26)27)10-16(9-14)24(28)29/h8-10,17-18H,4-7,11-13H2,1-3H3/t17-,18+,21+,22+/m1/s1. The molecule has 0 spiro atoms. The van der Waals surface area contributed by atoms with Crippen molar-refractivity contribution in [3.8, 4) is 0 Å². The van der Waals surface area contributed by atoms with E-state index in [-0.39, 0.29) is 23.0 Å². The SMILES string of the molecule is CC1(C)C[C@H]2[C@H]1CC[C@]1(COC(=O)c3cc([N+](=O)[O-])cc([N+](=O)[O-])c3)CC[C@@]2(C)C1. The molecule has 3 aliphatic carbocycles. The lowest BCUT2D eigenvalue weighted by Gasteiger charge is -2.57. The summed E-state index contributed by atoms with van der Waals surface area (Å²) >= 11 is 0. The van der Waals surface area contributed by atoms with E-state index in [1.165, 1.54) is 6.42 Å². The zero-order valence-electron chi connectivity index (χ0n) is 17.7. The molecule has 1 aromatic rings. The molecule has 0 radical (unpaired) electrons. The maximum Gasteiger partial charge on any atom is 0.338 e. The predicted octanol–water partition coefficient (Wildman–Crippen LogP) is 5.29. The van der Waals surface area contributed by atoms with Gasteiger partial charge in [-0.3, -0.25) is 20.2 Å². The van der Waals surface area contributed by atoms with Crippen molar-refractivity contribution in [3.63, 3.8) is 0 Å². The van der Waals surface area contributed by atoms with E-state index in [0.717, 1.165) is 56.2 Å². The monoisotopic (exact) mass is 416 g/mol. The molecule has 0 amide bonds. The first-order valence-corrected chi connectivity index (χ1v) is 10.6. The van der Waals surface area contributed by atoms with Gasteiger partial charge >= 0.3 is 5.97 Å². The van der Waals surface area contributed by atoms with Crippen LogP contribution in [0.4, 0.5) is 11.4 Å². The molecule has 2 bridgehead atoms. The molecule has 1 aromatic carbocycles. The number of nitro benzene ring substituents is 2. The minimum absolute atomic E-state index is 0.0650. The van der Waals surface area contributed by atoms with Gasteiger partial charge in [0.05, 0.1) is 28.1 Å². The van der Waals surface area contributed by atoms with Crippen molar-refractivity contribution < 1.29 is 19.4 Å². The topological polar surface area (TPSA) is 113 Å². The Morgan fingerprint density at radius 2 is 1.67 bits per heavy atom. The molecule has 0 saturated heterocycles. The van der Waals surface area contributed by atoms with Gasteiger partial charge < -0.3 is 4.74 Å². The lowest BCUT2D eigenvalue weighted by Crippen LogP contribution is -2.49. The van der Waals surface area contributed by atoms with Gasteiger partial charge in [0.1, 0.15) is 0 Å². The molecule has 0 N–H and O–H groups in total. The van der Waals surface area contributed by atoms with Crippen LogP contribution in [0, 0.1) is 48.3 Å². The van der Waals surface area contributed by atoms with Gasteiger partial charge in [-0.25, -0.2) is 4.79 Å². The van der Waals surface area contributed by atoms with E-state index in [9.17, 15) is 25.0 Å². The maximum atomic E-state index is 12.7. The van der Waals surface area contributed by atoms with Crippen LogP contribution in [-0.4, -0.2) is 22.4 Å². The summed E-state index contributed by atoms with van der Waals surface area (Å²) in [6.45, 7) is 7.33. The first-order chi connectivity index (χ1) is 13.9. The molecular formula is C22H28N2O6. The zero-order valence-corrected chi connectivity index (χ0v) is 17.7. The van der Waals surface area contributed by atoms with Gasteiger partial charge in [-0.05, 0) is 61.2 Å². The van der Waals surface area contributed by atoms with E-state index in [0.29, 0.717) is 11.3 Å². The van der Waals surface area contributed by atoms with Crippen LogP contribution >= 0.6 is 0 Å². The van der Waals surface area contributed by atoms with Crippen LogP contribution in [0.3, 0.4) is 0 Å². The van der Waals surface area contributed by atoms with E-state index < -0.39 is 27.2 Å². The summed E-state index contributed by atoms with van der Waals surface area (Å²) in [6.07, 6.45) is 6.56. The second-order valence-corrected chi connectivity index (χ2v) is 10.6. The highest BCUT2D eigenvalue weighted by molar-refractivity contribution is 5.91. The summed E-state index contributed by atoms with van der Waals surface area (Å²) in [6, 6.07) is 2.93. The number of carbonyl (C=O) groups is 1. The van der Waals surface area contributed by atoms with Crippen molar-refractivity contribution >= 4 is 17.3 Å². The van der Waals surface area contributed by atoms with E-state index >= 15 is 0 Å². The quantitative estimate of drug-likeness (QED) is 0.366. The van der Waals surface area contributed by atoms with Crippen LogP contribution < -0.4 is 0 Å². The van der Waals surface area contributed by atoms with Crippen molar-refractivity contribution in [2.75, 3.05) is 6.61 Å². The highest BCUT2D eigenvalue weighted by atomic mass is 16.6. The second kappa shape index (κ2) is 6.75. The Morgan fingerprint density at radius 1 is 1.03 bits per heavy atom. The third-order valence-corrected chi connectivity index (χ3v) is 8.19. The summed E-state index contributed by atoms with van der Waals surface area (Å²) in [5.74, 6) is 0.698. The molecule has 162 valence electrons. The molecule has 4 atom stereocenters. The Kier molecular flexibility index (Phi) is 4.67. The zero-order chi connectivity index (χ0) is 21.9. The van der Waals surface area contributed by atoms with Crippen LogP contribution in [0.1, 0.15) is 69.7 Å². The Labute approximate surface area is 175 Å². The number of benzene rings is 1. The number of nitro groups is 2. The van der Waals surface area contributed by atoms with Crippen molar-refractivity contribution in [2.45, 2.75) is 59.3 Å². The first kappa shape index (κ1) is 20.8. The van der Waals surface area contributed by atoms with Crippen LogP contribution in [0.2, 0.25) is 0 Å². The number of ether oxygens (including phenoxy) is 1. The minimum atomic E-state index is -0.742. The van der Waals surface area contributed by atoms with Gasteiger partial charge in [-0.15, -0.1) is 0 Å². The molecule has 4 rings (SSSR count). The summed E-state index contributed by atoms with van der Waals surface area (Å²) in [5, 5.41) is 22.2. The highest BCUT2D eigenvalue weighted by Crippen LogP contribution is 2.69. The molecule has 8 heteroatoms.